The molecule has 0 unspecified atom stereocenters. The van der Waals surface area contributed by atoms with E-state index in [9.17, 15) is 17.6 Å². The van der Waals surface area contributed by atoms with Gasteiger partial charge in [-0.05, 0) is 37.1 Å². The minimum Gasteiger partial charge on any atom is -0.340 e. The molecule has 2 rings (SSSR count). The summed E-state index contributed by atoms with van der Waals surface area (Å²) >= 11 is 0. The zero-order valence-corrected chi connectivity index (χ0v) is 13.1. The van der Waals surface area contributed by atoms with E-state index in [1.54, 1.807) is 4.90 Å². The highest BCUT2D eigenvalue weighted by Gasteiger charge is 2.41. The molecule has 0 radical (unpaired) electrons. The van der Waals surface area contributed by atoms with E-state index < -0.39 is 20.9 Å². The van der Waals surface area contributed by atoms with E-state index in [-0.39, 0.29) is 29.8 Å². The molecule has 6 heteroatoms. The lowest BCUT2D eigenvalue weighted by Crippen LogP contribution is -2.58. The van der Waals surface area contributed by atoms with Gasteiger partial charge in [0.15, 0.2) is 9.84 Å². The average molecular weight is 313 g/mol. The Kier molecular flexibility index (Phi) is 4.66. The van der Waals surface area contributed by atoms with Crippen molar-refractivity contribution >= 4 is 15.7 Å². The van der Waals surface area contributed by atoms with Crippen LogP contribution in [0, 0.1) is 11.7 Å². The van der Waals surface area contributed by atoms with Gasteiger partial charge in [0.25, 0.3) is 0 Å². The summed E-state index contributed by atoms with van der Waals surface area (Å²) in [4.78, 5) is 13.8. The van der Waals surface area contributed by atoms with Crippen LogP contribution in [0.4, 0.5) is 4.39 Å². The molecule has 1 aromatic rings. The lowest BCUT2D eigenvalue weighted by Gasteiger charge is -2.40. The molecule has 0 aliphatic carbocycles. The number of sulfone groups is 1. The highest BCUT2D eigenvalue weighted by Crippen LogP contribution is 2.26. The summed E-state index contributed by atoms with van der Waals surface area (Å²) in [5.74, 6) is -0.460. The van der Waals surface area contributed by atoms with Gasteiger partial charge < -0.3 is 4.90 Å². The van der Waals surface area contributed by atoms with E-state index in [0.717, 1.165) is 25.0 Å². The number of amides is 1. The van der Waals surface area contributed by atoms with Crippen molar-refractivity contribution in [2.75, 3.05) is 13.1 Å². The van der Waals surface area contributed by atoms with Crippen LogP contribution in [0.2, 0.25) is 0 Å². The SMILES string of the molecule is CCC(CC)C(=O)N1CC(S(=O)(=O)c2ccc(F)cc2)C1. The fourth-order valence-corrected chi connectivity index (χ4v) is 4.18. The van der Waals surface area contributed by atoms with Crippen LogP contribution >= 0.6 is 0 Å². The number of likely N-dealkylation sites (tertiary alicyclic amines) is 1. The summed E-state index contributed by atoms with van der Waals surface area (Å²) < 4.78 is 37.5. The number of carbonyl (C=O) groups is 1. The Balaban J connectivity index is 2.03. The molecule has 1 aliphatic rings. The van der Waals surface area contributed by atoms with Gasteiger partial charge in [0.1, 0.15) is 11.1 Å². The van der Waals surface area contributed by atoms with E-state index in [1.807, 2.05) is 13.8 Å². The predicted octanol–water partition coefficient (Wildman–Crippen LogP) is 2.25. The monoisotopic (exact) mass is 313 g/mol. The first-order valence-corrected chi connectivity index (χ1v) is 8.73. The molecule has 0 spiro atoms. The van der Waals surface area contributed by atoms with E-state index in [2.05, 4.69) is 0 Å². The Morgan fingerprint density at radius 2 is 1.76 bits per heavy atom. The zero-order valence-electron chi connectivity index (χ0n) is 12.3. The number of carbonyl (C=O) groups excluding carboxylic acids is 1. The minimum absolute atomic E-state index is 0.0283. The molecular weight excluding hydrogens is 293 g/mol. The number of nitrogens with zero attached hydrogens (tertiary/aromatic N) is 1. The first-order valence-electron chi connectivity index (χ1n) is 7.18. The fraction of sp³-hybridized carbons (Fsp3) is 0.533. The molecule has 1 aromatic carbocycles. The number of rotatable bonds is 5. The molecular formula is C15H20FNO3S. The lowest BCUT2D eigenvalue weighted by molar-refractivity contribution is -0.139. The highest BCUT2D eigenvalue weighted by atomic mass is 32.2. The molecule has 1 amide bonds. The Morgan fingerprint density at radius 3 is 2.24 bits per heavy atom. The Morgan fingerprint density at radius 1 is 1.24 bits per heavy atom. The maximum Gasteiger partial charge on any atom is 0.225 e. The third-order valence-electron chi connectivity index (χ3n) is 4.08. The average Bonchev–Trinajstić information content (AvgIpc) is 2.38. The second-order valence-electron chi connectivity index (χ2n) is 5.38. The first kappa shape index (κ1) is 15.9. The van der Waals surface area contributed by atoms with E-state index in [4.69, 9.17) is 0 Å². The standard InChI is InChI=1S/C15H20FNO3S/c1-3-11(4-2)15(18)17-9-14(10-17)21(19,20)13-7-5-12(16)6-8-13/h5-8,11,14H,3-4,9-10H2,1-2H3. The van der Waals surface area contributed by atoms with Gasteiger partial charge in [0, 0.05) is 19.0 Å². The molecule has 0 aromatic heterocycles. The molecule has 21 heavy (non-hydrogen) atoms. The van der Waals surface area contributed by atoms with Crippen LogP contribution in [0.5, 0.6) is 0 Å². The van der Waals surface area contributed by atoms with Crippen molar-refractivity contribution in [1.82, 2.24) is 4.90 Å². The maximum atomic E-state index is 12.9. The summed E-state index contributed by atoms with van der Waals surface area (Å²) in [5, 5.41) is -0.582. The van der Waals surface area contributed by atoms with E-state index in [0.29, 0.717) is 0 Å². The van der Waals surface area contributed by atoms with Crippen molar-refractivity contribution in [2.24, 2.45) is 5.92 Å². The summed E-state index contributed by atoms with van der Waals surface area (Å²) in [7, 11) is -3.49. The second kappa shape index (κ2) is 6.13. The van der Waals surface area contributed by atoms with Crippen LogP contribution in [0.15, 0.2) is 29.2 Å². The van der Waals surface area contributed by atoms with Crippen molar-refractivity contribution in [1.29, 1.82) is 0 Å². The quantitative estimate of drug-likeness (QED) is 0.784. The number of benzene rings is 1. The van der Waals surface area contributed by atoms with E-state index in [1.165, 1.54) is 12.1 Å². The summed E-state index contributed by atoms with van der Waals surface area (Å²) in [6, 6.07) is 4.82. The van der Waals surface area contributed by atoms with Crippen LogP contribution in [0.1, 0.15) is 26.7 Å². The maximum absolute atomic E-state index is 12.9. The summed E-state index contributed by atoms with van der Waals surface area (Å²) in [5.41, 5.74) is 0. The molecule has 4 nitrogen and oxygen atoms in total. The molecule has 1 saturated heterocycles. The predicted molar refractivity (Wildman–Crippen MR) is 78.0 cm³/mol. The Hall–Kier alpha value is -1.43. The van der Waals surface area contributed by atoms with Gasteiger partial charge in [-0.3, -0.25) is 4.79 Å². The smallest absolute Gasteiger partial charge is 0.225 e. The van der Waals surface area contributed by atoms with Gasteiger partial charge >= 0.3 is 0 Å². The minimum atomic E-state index is -3.49. The lowest BCUT2D eigenvalue weighted by atomic mass is 10.00. The number of hydrogen-bond acceptors (Lipinski definition) is 3. The van der Waals surface area contributed by atoms with Gasteiger partial charge in [-0.2, -0.15) is 0 Å². The molecule has 116 valence electrons. The fourth-order valence-electron chi connectivity index (χ4n) is 2.53. The van der Waals surface area contributed by atoms with Crippen LogP contribution in [0.25, 0.3) is 0 Å². The van der Waals surface area contributed by atoms with E-state index >= 15 is 0 Å². The van der Waals surface area contributed by atoms with Crippen molar-refractivity contribution < 1.29 is 17.6 Å². The molecule has 0 bridgehead atoms. The second-order valence-corrected chi connectivity index (χ2v) is 7.61. The molecule has 0 atom stereocenters. The molecule has 1 heterocycles. The summed E-state index contributed by atoms with van der Waals surface area (Å²) in [6.07, 6.45) is 1.53. The third kappa shape index (κ3) is 3.10. The number of hydrogen-bond donors (Lipinski definition) is 0. The Labute approximate surface area is 124 Å². The zero-order chi connectivity index (χ0) is 15.6. The Bertz CT molecular complexity index is 602. The third-order valence-corrected chi connectivity index (χ3v) is 6.18. The normalized spacial score (nSPS) is 16.1. The van der Waals surface area contributed by atoms with Crippen LogP contribution < -0.4 is 0 Å². The van der Waals surface area contributed by atoms with Crippen molar-refractivity contribution in [3.8, 4) is 0 Å². The largest absolute Gasteiger partial charge is 0.340 e. The van der Waals surface area contributed by atoms with Gasteiger partial charge in [0.2, 0.25) is 5.91 Å². The van der Waals surface area contributed by atoms with Gasteiger partial charge in [0.05, 0.1) is 4.90 Å². The van der Waals surface area contributed by atoms with Gasteiger partial charge in [-0.15, -0.1) is 0 Å². The van der Waals surface area contributed by atoms with Crippen LogP contribution in [0.3, 0.4) is 0 Å². The molecule has 0 N–H and O–H groups in total. The van der Waals surface area contributed by atoms with Gasteiger partial charge in [-0.25, -0.2) is 12.8 Å². The van der Waals surface area contributed by atoms with Crippen molar-refractivity contribution in [3.63, 3.8) is 0 Å². The molecule has 1 aliphatic heterocycles. The molecule has 1 fully saturated rings. The first-order chi connectivity index (χ1) is 9.90. The van der Waals surface area contributed by atoms with Crippen LogP contribution in [-0.2, 0) is 14.6 Å². The number of halogens is 1. The highest BCUT2D eigenvalue weighted by molar-refractivity contribution is 7.92. The van der Waals surface area contributed by atoms with Crippen molar-refractivity contribution in [2.45, 2.75) is 36.8 Å². The van der Waals surface area contributed by atoms with Crippen LogP contribution in [-0.4, -0.2) is 37.6 Å². The van der Waals surface area contributed by atoms with Crippen molar-refractivity contribution in [3.05, 3.63) is 30.1 Å². The summed E-state index contributed by atoms with van der Waals surface area (Å²) in [6.45, 7) is 4.38. The van der Waals surface area contributed by atoms with Gasteiger partial charge in [-0.1, -0.05) is 13.8 Å². The topological polar surface area (TPSA) is 54.5 Å². The molecule has 0 saturated carbocycles.